The van der Waals surface area contributed by atoms with E-state index >= 15 is 0 Å². The van der Waals surface area contributed by atoms with E-state index in [1.807, 2.05) is 43.3 Å². The molecule has 0 unspecified atom stereocenters. The summed E-state index contributed by atoms with van der Waals surface area (Å²) in [6.45, 7) is 1.78. The number of hydrogen-bond acceptors (Lipinski definition) is 6. The molecule has 1 aliphatic rings. The van der Waals surface area contributed by atoms with Crippen molar-refractivity contribution in [3.63, 3.8) is 0 Å². The molecule has 0 spiro atoms. The Morgan fingerprint density at radius 3 is 2.57 bits per heavy atom. The Kier molecular flexibility index (Phi) is 6.98. The summed E-state index contributed by atoms with van der Waals surface area (Å²) >= 11 is 13.6. The number of anilines is 2. The number of nitrogens with zero attached hydrogens (tertiary/aromatic N) is 3. The molecule has 0 bridgehead atoms. The molecule has 2 N–H and O–H groups in total. The van der Waals surface area contributed by atoms with Gasteiger partial charge in [0.1, 0.15) is 5.82 Å². The molecule has 3 aromatic rings. The molecular formula is C22H27Cl2N5S. The van der Waals surface area contributed by atoms with Crippen LogP contribution in [0.5, 0.6) is 0 Å². The molecule has 5 nitrogen and oxygen atoms in total. The predicted octanol–water partition coefficient (Wildman–Crippen LogP) is 5.82. The van der Waals surface area contributed by atoms with Crippen LogP contribution in [0.15, 0.2) is 30.3 Å². The van der Waals surface area contributed by atoms with Crippen molar-refractivity contribution in [1.29, 1.82) is 0 Å². The Morgan fingerprint density at radius 1 is 1.10 bits per heavy atom. The number of hydrogen-bond donors (Lipinski definition) is 2. The zero-order valence-electron chi connectivity index (χ0n) is 17.3. The lowest BCUT2D eigenvalue weighted by Crippen LogP contribution is -2.31. The molecule has 1 aliphatic carbocycles. The van der Waals surface area contributed by atoms with Crippen molar-refractivity contribution in [2.24, 2.45) is 5.92 Å². The monoisotopic (exact) mass is 463 g/mol. The summed E-state index contributed by atoms with van der Waals surface area (Å²) in [5.74, 6) is 2.36. The van der Waals surface area contributed by atoms with Crippen LogP contribution in [0, 0.1) is 5.92 Å². The van der Waals surface area contributed by atoms with Crippen molar-refractivity contribution in [3.8, 4) is 0 Å². The fourth-order valence-corrected chi connectivity index (χ4v) is 5.55. The van der Waals surface area contributed by atoms with Crippen LogP contribution < -0.4 is 15.5 Å². The molecule has 4 rings (SSSR count). The van der Waals surface area contributed by atoms with Gasteiger partial charge in [-0.05, 0) is 61.9 Å². The summed E-state index contributed by atoms with van der Waals surface area (Å²) in [5.41, 5.74) is 2.07. The summed E-state index contributed by atoms with van der Waals surface area (Å²) in [6, 6.07) is 10.5. The number of fused-ring (bicyclic) bond motifs is 1. The predicted molar refractivity (Wildman–Crippen MR) is 129 cm³/mol. The first-order valence-corrected chi connectivity index (χ1v) is 11.9. The Balaban J connectivity index is 1.30. The van der Waals surface area contributed by atoms with Gasteiger partial charge in [0, 0.05) is 32.1 Å². The fraction of sp³-hybridized carbons (Fsp3) is 0.455. The molecular weight excluding hydrogens is 437 g/mol. The maximum absolute atomic E-state index is 6.20. The minimum absolute atomic E-state index is 0.419. The van der Waals surface area contributed by atoms with Crippen molar-refractivity contribution in [2.45, 2.75) is 38.3 Å². The molecule has 2 heterocycles. The van der Waals surface area contributed by atoms with Gasteiger partial charge in [-0.3, -0.25) is 0 Å². The molecule has 2 aromatic heterocycles. The van der Waals surface area contributed by atoms with Crippen molar-refractivity contribution in [2.75, 3.05) is 30.9 Å². The van der Waals surface area contributed by atoms with E-state index in [0.717, 1.165) is 62.8 Å². The van der Waals surface area contributed by atoms with Gasteiger partial charge in [-0.15, -0.1) is 11.3 Å². The van der Waals surface area contributed by atoms with Gasteiger partial charge in [-0.2, -0.15) is 4.98 Å². The minimum Gasteiger partial charge on any atom is -0.362 e. The van der Waals surface area contributed by atoms with Crippen LogP contribution in [-0.4, -0.2) is 36.6 Å². The van der Waals surface area contributed by atoms with Crippen molar-refractivity contribution in [1.82, 2.24) is 15.3 Å². The Morgan fingerprint density at radius 2 is 1.87 bits per heavy atom. The first-order chi connectivity index (χ1) is 14.5. The van der Waals surface area contributed by atoms with Crippen LogP contribution >= 0.6 is 34.5 Å². The van der Waals surface area contributed by atoms with Crippen LogP contribution in [0.2, 0.25) is 8.67 Å². The van der Waals surface area contributed by atoms with E-state index < -0.39 is 0 Å². The van der Waals surface area contributed by atoms with Crippen molar-refractivity contribution in [3.05, 3.63) is 44.6 Å². The van der Waals surface area contributed by atoms with E-state index in [1.54, 1.807) is 0 Å². The highest BCUT2D eigenvalue weighted by molar-refractivity contribution is 7.20. The molecule has 1 saturated carbocycles. The molecule has 30 heavy (non-hydrogen) atoms. The van der Waals surface area contributed by atoms with E-state index in [0.29, 0.717) is 12.0 Å². The average molecular weight is 464 g/mol. The third kappa shape index (κ3) is 5.17. The van der Waals surface area contributed by atoms with E-state index in [2.05, 4.69) is 16.7 Å². The Labute approximate surface area is 191 Å². The van der Waals surface area contributed by atoms with Gasteiger partial charge < -0.3 is 15.5 Å². The number of nitrogens with one attached hydrogen (secondary N) is 2. The van der Waals surface area contributed by atoms with E-state index in [9.17, 15) is 0 Å². The topological polar surface area (TPSA) is 53.1 Å². The second-order valence-electron chi connectivity index (χ2n) is 8.12. The van der Waals surface area contributed by atoms with Gasteiger partial charge >= 0.3 is 0 Å². The maximum Gasteiger partial charge on any atom is 0.225 e. The number of aromatic nitrogens is 2. The summed E-state index contributed by atoms with van der Waals surface area (Å²) in [5, 5.41) is 8.20. The highest BCUT2D eigenvalue weighted by atomic mass is 35.5. The van der Waals surface area contributed by atoms with E-state index in [4.69, 9.17) is 33.2 Å². The summed E-state index contributed by atoms with van der Waals surface area (Å²) in [4.78, 5) is 11.6. The molecule has 0 atom stereocenters. The lowest BCUT2D eigenvalue weighted by molar-refractivity contribution is 0.324. The molecule has 8 heteroatoms. The van der Waals surface area contributed by atoms with Crippen LogP contribution in [-0.2, 0) is 6.54 Å². The molecule has 1 fully saturated rings. The van der Waals surface area contributed by atoms with Crippen LogP contribution in [0.25, 0.3) is 10.9 Å². The zero-order valence-corrected chi connectivity index (χ0v) is 19.6. The normalized spacial score (nSPS) is 19.2. The molecule has 0 amide bonds. The van der Waals surface area contributed by atoms with Crippen LogP contribution in [0.3, 0.4) is 0 Å². The number of halogens is 2. The Hall–Kier alpha value is -1.60. The number of rotatable bonds is 7. The molecule has 0 radical (unpaired) electrons. The quantitative estimate of drug-likeness (QED) is 0.461. The number of thiophene rings is 1. The molecule has 0 saturated heterocycles. The Bertz CT molecular complexity index is 998. The van der Waals surface area contributed by atoms with Gasteiger partial charge in [0.25, 0.3) is 0 Å². The van der Waals surface area contributed by atoms with Gasteiger partial charge in [-0.1, -0.05) is 35.3 Å². The number of benzene rings is 1. The largest absolute Gasteiger partial charge is 0.362 e. The van der Waals surface area contributed by atoms with Gasteiger partial charge in [-0.25, -0.2) is 4.98 Å². The zero-order chi connectivity index (χ0) is 21.1. The maximum atomic E-state index is 6.20. The SMILES string of the molecule is CN(C)c1nc(NC2CCC(CNCc3cc(Cl)sc3Cl)CC2)nc2ccccc12. The lowest BCUT2D eigenvalue weighted by atomic mass is 9.86. The first-order valence-electron chi connectivity index (χ1n) is 10.3. The van der Waals surface area contributed by atoms with Crippen molar-refractivity contribution >= 4 is 57.2 Å². The van der Waals surface area contributed by atoms with Crippen molar-refractivity contribution < 1.29 is 0 Å². The first kappa shape index (κ1) is 21.6. The summed E-state index contributed by atoms with van der Waals surface area (Å²) < 4.78 is 1.53. The van der Waals surface area contributed by atoms with Crippen LogP contribution in [0.4, 0.5) is 11.8 Å². The number of para-hydroxylation sites is 1. The van der Waals surface area contributed by atoms with Gasteiger partial charge in [0.2, 0.25) is 5.95 Å². The third-order valence-corrected chi connectivity index (χ3v) is 7.23. The molecule has 160 valence electrons. The summed E-state index contributed by atoms with van der Waals surface area (Å²) in [7, 11) is 4.04. The van der Waals surface area contributed by atoms with Crippen LogP contribution in [0.1, 0.15) is 31.2 Å². The van der Waals surface area contributed by atoms with Gasteiger partial charge in [0.15, 0.2) is 0 Å². The lowest BCUT2D eigenvalue weighted by Gasteiger charge is -2.29. The second kappa shape index (κ2) is 9.69. The standard InChI is InChI=1S/C22H27Cl2N5S/c1-29(2)21-17-5-3-4-6-18(17)27-22(28-21)26-16-9-7-14(8-10-16)12-25-13-15-11-19(23)30-20(15)24/h3-6,11,14,16,25H,7-10,12-13H2,1-2H3,(H,26,27,28). The minimum atomic E-state index is 0.419. The average Bonchev–Trinajstić information content (AvgIpc) is 3.05. The van der Waals surface area contributed by atoms with Gasteiger partial charge in [0.05, 0.1) is 14.2 Å². The molecule has 0 aliphatic heterocycles. The van der Waals surface area contributed by atoms with E-state index in [-0.39, 0.29) is 0 Å². The smallest absolute Gasteiger partial charge is 0.225 e. The third-order valence-electron chi connectivity index (χ3n) is 5.66. The highest BCUT2D eigenvalue weighted by Gasteiger charge is 2.22. The van der Waals surface area contributed by atoms with E-state index in [1.165, 1.54) is 24.2 Å². The highest BCUT2D eigenvalue weighted by Crippen LogP contribution is 2.31. The summed E-state index contributed by atoms with van der Waals surface area (Å²) in [6.07, 6.45) is 4.64. The molecule has 1 aromatic carbocycles. The fourth-order valence-electron chi connectivity index (χ4n) is 4.06. The second-order valence-corrected chi connectivity index (χ2v) is 10.4.